The van der Waals surface area contributed by atoms with Gasteiger partial charge in [-0.2, -0.15) is 0 Å². The SMILES string of the molecule is CC1CC1c1ccc(/C=C/C(=O)Nc2ccc(NC(=O)c3ccco3)cc2)o1. The molecule has 1 aromatic carbocycles. The molecule has 6 heteroatoms. The molecule has 2 aromatic heterocycles. The first-order chi connectivity index (χ1) is 13.6. The normalized spacial score (nSPS) is 18.2. The summed E-state index contributed by atoms with van der Waals surface area (Å²) in [6.45, 7) is 2.20. The highest BCUT2D eigenvalue weighted by Crippen LogP contribution is 2.47. The smallest absolute Gasteiger partial charge is 0.291 e. The minimum atomic E-state index is -0.330. The monoisotopic (exact) mass is 376 g/mol. The predicted octanol–water partition coefficient (Wildman–Crippen LogP) is 4.90. The Kier molecular flexibility index (Phi) is 4.85. The van der Waals surface area contributed by atoms with Crippen molar-refractivity contribution >= 4 is 29.3 Å². The van der Waals surface area contributed by atoms with E-state index in [0.717, 1.165) is 12.2 Å². The highest BCUT2D eigenvalue weighted by Gasteiger charge is 2.36. The molecule has 4 rings (SSSR count). The van der Waals surface area contributed by atoms with Crippen molar-refractivity contribution in [2.24, 2.45) is 5.92 Å². The van der Waals surface area contributed by atoms with E-state index in [1.807, 2.05) is 12.1 Å². The van der Waals surface area contributed by atoms with E-state index in [-0.39, 0.29) is 17.6 Å². The van der Waals surface area contributed by atoms with Gasteiger partial charge in [0.1, 0.15) is 11.5 Å². The lowest BCUT2D eigenvalue weighted by Crippen LogP contribution is -2.11. The summed E-state index contributed by atoms with van der Waals surface area (Å²) in [7, 11) is 0. The molecule has 2 N–H and O–H groups in total. The number of nitrogens with one attached hydrogen (secondary N) is 2. The standard InChI is InChI=1S/C22H20N2O4/c1-14-13-18(14)19-10-8-17(28-19)9-11-21(25)23-15-4-6-16(7-5-15)24-22(26)20-3-2-12-27-20/h2-12,14,18H,13H2,1H3,(H,23,25)(H,24,26)/b11-9+. The van der Waals surface area contributed by atoms with Crippen LogP contribution in [0.3, 0.4) is 0 Å². The van der Waals surface area contributed by atoms with Gasteiger partial charge in [-0.25, -0.2) is 0 Å². The second-order valence-electron chi connectivity index (χ2n) is 6.89. The van der Waals surface area contributed by atoms with E-state index in [2.05, 4.69) is 17.6 Å². The van der Waals surface area contributed by atoms with Crippen molar-refractivity contribution in [2.45, 2.75) is 19.3 Å². The van der Waals surface area contributed by atoms with Crippen molar-refractivity contribution in [3.63, 3.8) is 0 Å². The number of amides is 2. The molecule has 142 valence electrons. The molecule has 3 aromatic rings. The first kappa shape index (κ1) is 17.9. The van der Waals surface area contributed by atoms with Gasteiger partial charge in [-0.05, 0) is 66.9 Å². The number of furan rings is 2. The Morgan fingerprint density at radius 2 is 1.75 bits per heavy atom. The highest BCUT2D eigenvalue weighted by atomic mass is 16.3. The minimum Gasteiger partial charge on any atom is -0.461 e. The number of hydrogen-bond donors (Lipinski definition) is 2. The van der Waals surface area contributed by atoms with Crippen molar-refractivity contribution in [3.05, 3.63) is 78.2 Å². The molecule has 1 fully saturated rings. The summed E-state index contributed by atoms with van der Waals surface area (Å²) in [4.78, 5) is 24.0. The Hall–Kier alpha value is -3.54. The van der Waals surface area contributed by atoms with Gasteiger partial charge in [-0.15, -0.1) is 0 Å². The largest absolute Gasteiger partial charge is 0.461 e. The van der Waals surface area contributed by atoms with Gasteiger partial charge >= 0.3 is 0 Å². The van der Waals surface area contributed by atoms with Crippen LogP contribution in [-0.2, 0) is 4.79 Å². The summed E-state index contributed by atoms with van der Waals surface area (Å²) in [5, 5.41) is 5.49. The summed E-state index contributed by atoms with van der Waals surface area (Å²) in [6.07, 6.45) is 5.70. The maximum absolute atomic E-state index is 12.1. The quantitative estimate of drug-likeness (QED) is 0.599. The van der Waals surface area contributed by atoms with Gasteiger partial charge in [-0.3, -0.25) is 9.59 Å². The molecule has 2 amide bonds. The van der Waals surface area contributed by atoms with E-state index in [0.29, 0.717) is 29.0 Å². The zero-order chi connectivity index (χ0) is 19.5. The number of carbonyl (C=O) groups is 2. The lowest BCUT2D eigenvalue weighted by Gasteiger charge is -2.05. The fraction of sp³-hybridized carbons (Fsp3) is 0.182. The van der Waals surface area contributed by atoms with Crippen LogP contribution < -0.4 is 10.6 Å². The van der Waals surface area contributed by atoms with Gasteiger partial charge in [0.2, 0.25) is 5.91 Å². The van der Waals surface area contributed by atoms with Crippen molar-refractivity contribution in [1.29, 1.82) is 0 Å². The van der Waals surface area contributed by atoms with Gasteiger partial charge in [0.25, 0.3) is 5.91 Å². The summed E-state index contributed by atoms with van der Waals surface area (Å²) in [5.41, 5.74) is 1.23. The number of benzene rings is 1. The molecule has 28 heavy (non-hydrogen) atoms. The Balaban J connectivity index is 1.30. The highest BCUT2D eigenvalue weighted by molar-refractivity contribution is 6.03. The lowest BCUT2D eigenvalue weighted by molar-refractivity contribution is -0.111. The Morgan fingerprint density at radius 3 is 2.39 bits per heavy atom. The van der Waals surface area contributed by atoms with E-state index < -0.39 is 0 Å². The zero-order valence-electron chi connectivity index (χ0n) is 15.3. The van der Waals surface area contributed by atoms with Crippen molar-refractivity contribution in [2.75, 3.05) is 10.6 Å². The lowest BCUT2D eigenvalue weighted by atomic mass is 10.2. The van der Waals surface area contributed by atoms with Crippen LogP contribution in [0.5, 0.6) is 0 Å². The second kappa shape index (κ2) is 7.60. The Morgan fingerprint density at radius 1 is 1.04 bits per heavy atom. The molecular weight excluding hydrogens is 356 g/mol. The molecule has 0 radical (unpaired) electrons. The maximum Gasteiger partial charge on any atom is 0.291 e. The molecule has 2 unspecified atom stereocenters. The van der Waals surface area contributed by atoms with Crippen molar-refractivity contribution in [3.8, 4) is 0 Å². The van der Waals surface area contributed by atoms with Crippen LogP contribution >= 0.6 is 0 Å². The molecule has 0 spiro atoms. The number of hydrogen-bond acceptors (Lipinski definition) is 4. The Bertz CT molecular complexity index is 1000. The van der Waals surface area contributed by atoms with Crippen molar-refractivity contribution < 1.29 is 18.4 Å². The van der Waals surface area contributed by atoms with E-state index in [4.69, 9.17) is 8.83 Å². The Labute approximate surface area is 162 Å². The van der Waals surface area contributed by atoms with E-state index in [9.17, 15) is 9.59 Å². The van der Waals surface area contributed by atoms with Gasteiger partial charge in [-0.1, -0.05) is 6.92 Å². The summed E-state index contributed by atoms with van der Waals surface area (Å²) in [6, 6.07) is 13.9. The summed E-state index contributed by atoms with van der Waals surface area (Å²) in [5.74, 6) is 2.49. The van der Waals surface area contributed by atoms with E-state index in [1.165, 1.54) is 12.3 Å². The van der Waals surface area contributed by atoms with Crippen LogP contribution in [0.4, 0.5) is 11.4 Å². The third kappa shape index (κ3) is 4.23. The molecule has 0 saturated heterocycles. The fourth-order valence-electron chi connectivity index (χ4n) is 2.95. The molecule has 2 atom stereocenters. The van der Waals surface area contributed by atoms with Gasteiger partial charge in [0, 0.05) is 23.4 Å². The molecule has 2 heterocycles. The maximum atomic E-state index is 12.1. The number of carbonyl (C=O) groups excluding carboxylic acids is 2. The average molecular weight is 376 g/mol. The van der Waals surface area contributed by atoms with Gasteiger partial charge in [0.15, 0.2) is 5.76 Å². The summed E-state index contributed by atoms with van der Waals surface area (Å²) >= 11 is 0. The molecule has 1 saturated carbocycles. The minimum absolute atomic E-state index is 0.236. The van der Waals surface area contributed by atoms with Crippen LogP contribution in [0.2, 0.25) is 0 Å². The van der Waals surface area contributed by atoms with Gasteiger partial charge < -0.3 is 19.5 Å². The van der Waals surface area contributed by atoms with Crippen LogP contribution in [-0.4, -0.2) is 11.8 Å². The predicted molar refractivity (Wildman–Crippen MR) is 106 cm³/mol. The number of anilines is 2. The van der Waals surface area contributed by atoms with E-state index >= 15 is 0 Å². The molecule has 1 aliphatic carbocycles. The van der Waals surface area contributed by atoms with Gasteiger partial charge in [0.05, 0.1) is 6.26 Å². The van der Waals surface area contributed by atoms with Crippen LogP contribution in [0, 0.1) is 5.92 Å². The summed E-state index contributed by atoms with van der Waals surface area (Å²) < 4.78 is 10.8. The average Bonchev–Trinajstić information content (AvgIpc) is 3.11. The molecule has 6 nitrogen and oxygen atoms in total. The van der Waals surface area contributed by atoms with Crippen LogP contribution in [0.15, 0.2) is 69.7 Å². The zero-order valence-corrected chi connectivity index (χ0v) is 15.3. The molecule has 1 aliphatic rings. The van der Waals surface area contributed by atoms with Crippen LogP contribution in [0.25, 0.3) is 6.08 Å². The van der Waals surface area contributed by atoms with E-state index in [1.54, 1.807) is 42.5 Å². The van der Waals surface area contributed by atoms with Crippen molar-refractivity contribution in [1.82, 2.24) is 0 Å². The number of rotatable bonds is 6. The molecular formula is C22H20N2O4. The van der Waals surface area contributed by atoms with Crippen LogP contribution in [0.1, 0.15) is 41.3 Å². The first-order valence-electron chi connectivity index (χ1n) is 9.12. The third-order valence-corrected chi connectivity index (χ3v) is 4.68. The molecule has 0 aliphatic heterocycles. The third-order valence-electron chi connectivity index (χ3n) is 4.68. The topological polar surface area (TPSA) is 84.5 Å². The molecule has 0 bridgehead atoms. The first-order valence-corrected chi connectivity index (χ1v) is 9.12. The fourth-order valence-corrected chi connectivity index (χ4v) is 2.95. The second-order valence-corrected chi connectivity index (χ2v) is 6.89.